The molecule has 1 aromatic carbocycles. The highest BCUT2D eigenvalue weighted by molar-refractivity contribution is 5.33. The minimum Gasteiger partial charge on any atom is -0.493 e. The number of ether oxygens (including phenoxy) is 1. The first-order valence-corrected chi connectivity index (χ1v) is 5.09. The molecule has 0 heterocycles. The van der Waals surface area contributed by atoms with Crippen LogP contribution in [0.2, 0.25) is 0 Å². The van der Waals surface area contributed by atoms with E-state index in [0.29, 0.717) is 0 Å². The fourth-order valence-corrected chi connectivity index (χ4v) is 1.33. The largest absolute Gasteiger partial charge is 0.493 e. The lowest BCUT2D eigenvalue weighted by atomic mass is 10.2. The molecule has 0 radical (unpaired) electrons. The average Bonchev–Trinajstić information content (AvgIpc) is 2.16. The van der Waals surface area contributed by atoms with E-state index < -0.39 is 0 Å². The first-order valence-electron chi connectivity index (χ1n) is 5.09. The van der Waals surface area contributed by atoms with Gasteiger partial charge in [-0.25, -0.2) is 0 Å². The zero-order valence-electron chi connectivity index (χ0n) is 9.29. The molecule has 0 aliphatic carbocycles. The van der Waals surface area contributed by atoms with Crippen LogP contribution in [0.15, 0.2) is 24.3 Å². The highest BCUT2D eigenvalue weighted by atomic mass is 16.5. The SMILES string of the molecule is CCCOc1ccccc1CN(C)C. The van der Waals surface area contributed by atoms with Gasteiger partial charge in [0.05, 0.1) is 6.61 Å². The number of hydrogen-bond acceptors (Lipinski definition) is 2. The summed E-state index contributed by atoms with van der Waals surface area (Å²) in [4.78, 5) is 2.15. The first-order chi connectivity index (χ1) is 6.74. The molecule has 0 spiro atoms. The maximum Gasteiger partial charge on any atom is 0.123 e. The number of rotatable bonds is 5. The fourth-order valence-electron chi connectivity index (χ4n) is 1.33. The van der Waals surface area contributed by atoms with Gasteiger partial charge in [-0.2, -0.15) is 0 Å². The zero-order chi connectivity index (χ0) is 10.4. The second-order valence-electron chi connectivity index (χ2n) is 3.69. The molecule has 1 aromatic rings. The van der Waals surface area contributed by atoms with E-state index in [2.05, 4.69) is 38.1 Å². The van der Waals surface area contributed by atoms with Crippen molar-refractivity contribution < 1.29 is 4.74 Å². The van der Waals surface area contributed by atoms with Crippen LogP contribution in [0.25, 0.3) is 0 Å². The van der Waals surface area contributed by atoms with Crippen LogP contribution in [0.4, 0.5) is 0 Å². The summed E-state index contributed by atoms with van der Waals surface area (Å²) in [7, 11) is 4.13. The van der Waals surface area contributed by atoms with Crippen molar-refractivity contribution in [2.24, 2.45) is 0 Å². The van der Waals surface area contributed by atoms with Gasteiger partial charge >= 0.3 is 0 Å². The molecule has 0 saturated carbocycles. The maximum atomic E-state index is 5.66. The average molecular weight is 193 g/mol. The number of para-hydroxylation sites is 1. The molecule has 0 fully saturated rings. The Morgan fingerprint density at radius 2 is 1.93 bits per heavy atom. The number of nitrogens with zero attached hydrogens (tertiary/aromatic N) is 1. The summed E-state index contributed by atoms with van der Waals surface area (Å²) in [6.07, 6.45) is 1.05. The van der Waals surface area contributed by atoms with Gasteiger partial charge in [-0.05, 0) is 26.6 Å². The van der Waals surface area contributed by atoms with Crippen molar-refractivity contribution in [2.75, 3.05) is 20.7 Å². The molecule has 0 atom stereocenters. The summed E-state index contributed by atoms with van der Waals surface area (Å²) in [5.41, 5.74) is 1.26. The Bertz CT molecular complexity index is 271. The van der Waals surface area contributed by atoms with Crippen LogP contribution in [0, 0.1) is 0 Å². The molecule has 14 heavy (non-hydrogen) atoms. The number of benzene rings is 1. The Morgan fingerprint density at radius 1 is 1.21 bits per heavy atom. The van der Waals surface area contributed by atoms with Gasteiger partial charge in [0.2, 0.25) is 0 Å². The minimum absolute atomic E-state index is 0.796. The van der Waals surface area contributed by atoms with E-state index in [1.54, 1.807) is 0 Å². The zero-order valence-corrected chi connectivity index (χ0v) is 9.29. The van der Waals surface area contributed by atoms with Crippen LogP contribution in [-0.2, 0) is 6.54 Å². The van der Waals surface area contributed by atoms with Crippen molar-refractivity contribution in [3.8, 4) is 5.75 Å². The molecule has 0 amide bonds. The predicted molar refractivity (Wildman–Crippen MR) is 59.6 cm³/mol. The van der Waals surface area contributed by atoms with Crippen molar-refractivity contribution in [1.29, 1.82) is 0 Å². The smallest absolute Gasteiger partial charge is 0.123 e. The molecule has 78 valence electrons. The normalized spacial score (nSPS) is 10.6. The lowest BCUT2D eigenvalue weighted by Gasteiger charge is -2.14. The van der Waals surface area contributed by atoms with Crippen LogP contribution in [-0.4, -0.2) is 25.6 Å². The van der Waals surface area contributed by atoms with Crippen LogP contribution in [0.3, 0.4) is 0 Å². The summed E-state index contributed by atoms with van der Waals surface area (Å²) in [6, 6.07) is 8.22. The third kappa shape index (κ3) is 3.38. The molecule has 2 nitrogen and oxygen atoms in total. The lowest BCUT2D eigenvalue weighted by molar-refractivity contribution is 0.306. The van der Waals surface area contributed by atoms with E-state index in [1.807, 2.05) is 12.1 Å². The Labute approximate surface area is 86.5 Å². The van der Waals surface area contributed by atoms with E-state index >= 15 is 0 Å². The van der Waals surface area contributed by atoms with Crippen LogP contribution in [0.5, 0.6) is 5.75 Å². The standard InChI is InChI=1S/C12H19NO/c1-4-9-14-12-8-6-5-7-11(12)10-13(2)3/h5-8H,4,9-10H2,1-3H3. The van der Waals surface area contributed by atoms with Gasteiger partial charge in [-0.3, -0.25) is 0 Å². The molecule has 0 bridgehead atoms. The summed E-state index contributed by atoms with van der Waals surface area (Å²) < 4.78 is 5.66. The number of hydrogen-bond donors (Lipinski definition) is 0. The summed E-state index contributed by atoms with van der Waals surface area (Å²) in [6.45, 7) is 3.85. The van der Waals surface area contributed by atoms with E-state index in [0.717, 1.165) is 25.3 Å². The van der Waals surface area contributed by atoms with Crippen LogP contribution in [0.1, 0.15) is 18.9 Å². The molecule has 0 N–H and O–H groups in total. The van der Waals surface area contributed by atoms with Gasteiger partial charge in [0.1, 0.15) is 5.75 Å². The Kier molecular flexibility index (Phi) is 4.47. The predicted octanol–water partition coefficient (Wildman–Crippen LogP) is 2.54. The van der Waals surface area contributed by atoms with Gasteiger partial charge in [0.15, 0.2) is 0 Å². The lowest BCUT2D eigenvalue weighted by Crippen LogP contribution is -2.12. The van der Waals surface area contributed by atoms with Crippen LogP contribution < -0.4 is 4.74 Å². The maximum absolute atomic E-state index is 5.66. The van der Waals surface area contributed by atoms with E-state index in [4.69, 9.17) is 4.74 Å². The third-order valence-electron chi connectivity index (χ3n) is 1.92. The Balaban J connectivity index is 2.69. The van der Waals surface area contributed by atoms with Gasteiger partial charge < -0.3 is 9.64 Å². The third-order valence-corrected chi connectivity index (χ3v) is 1.92. The molecule has 0 aliphatic rings. The van der Waals surface area contributed by atoms with Crippen molar-refractivity contribution >= 4 is 0 Å². The van der Waals surface area contributed by atoms with Gasteiger partial charge in [0, 0.05) is 12.1 Å². The van der Waals surface area contributed by atoms with Crippen LogP contribution >= 0.6 is 0 Å². The topological polar surface area (TPSA) is 12.5 Å². The second kappa shape index (κ2) is 5.66. The fraction of sp³-hybridized carbons (Fsp3) is 0.500. The highest BCUT2D eigenvalue weighted by Crippen LogP contribution is 2.18. The molecular weight excluding hydrogens is 174 g/mol. The van der Waals surface area contributed by atoms with Gasteiger partial charge in [-0.15, -0.1) is 0 Å². The Morgan fingerprint density at radius 3 is 2.57 bits per heavy atom. The monoisotopic (exact) mass is 193 g/mol. The molecular formula is C12H19NO. The minimum atomic E-state index is 0.796. The van der Waals surface area contributed by atoms with E-state index in [-0.39, 0.29) is 0 Å². The molecule has 2 heteroatoms. The molecule has 0 unspecified atom stereocenters. The molecule has 0 aromatic heterocycles. The van der Waals surface area contributed by atoms with Crippen molar-refractivity contribution in [3.63, 3.8) is 0 Å². The highest BCUT2D eigenvalue weighted by Gasteiger charge is 2.02. The van der Waals surface area contributed by atoms with Gasteiger partial charge in [0.25, 0.3) is 0 Å². The summed E-state index contributed by atoms with van der Waals surface area (Å²) in [5, 5.41) is 0. The molecule has 1 rings (SSSR count). The van der Waals surface area contributed by atoms with Crippen molar-refractivity contribution in [3.05, 3.63) is 29.8 Å². The Hall–Kier alpha value is -1.02. The quantitative estimate of drug-likeness (QED) is 0.712. The van der Waals surface area contributed by atoms with E-state index in [1.165, 1.54) is 5.56 Å². The first kappa shape index (κ1) is 11.1. The van der Waals surface area contributed by atoms with Crippen molar-refractivity contribution in [2.45, 2.75) is 19.9 Å². The van der Waals surface area contributed by atoms with Gasteiger partial charge in [-0.1, -0.05) is 25.1 Å². The van der Waals surface area contributed by atoms with Crippen molar-refractivity contribution in [1.82, 2.24) is 4.90 Å². The molecule has 0 saturated heterocycles. The summed E-state index contributed by atoms with van der Waals surface area (Å²) in [5.74, 6) is 1.02. The second-order valence-corrected chi connectivity index (χ2v) is 3.69. The summed E-state index contributed by atoms with van der Waals surface area (Å²) >= 11 is 0. The molecule has 0 aliphatic heterocycles. The van der Waals surface area contributed by atoms with E-state index in [9.17, 15) is 0 Å².